The first-order valence-electron chi connectivity index (χ1n) is 6.76. The molecule has 0 saturated heterocycles. The fourth-order valence-electron chi connectivity index (χ4n) is 2.83. The molecule has 0 spiro atoms. The molecular formula is C14H30N2O. The third-order valence-electron chi connectivity index (χ3n) is 4.60. The van der Waals surface area contributed by atoms with Crippen molar-refractivity contribution in [3.05, 3.63) is 0 Å². The highest BCUT2D eigenvalue weighted by Crippen LogP contribution is 2.38. The maximum Gasteiger partial charge on any atom is 0.0656 e. The van der Waals surface area contributed by atoms with E-state index in [-0.39, 0.29) is 5.54 Å². The number of likely N-dealkylation sites (N-methyl/N-ethyl adjacent to an activating group) is 1. The topological polar surface area (TPSA) is 38.5 Å². The number of hydrogen-bond donors (Lipinski definition) is 1. The van der Waals surface area contributed by atoms with Crippen molar-refractivity contribution in [2.45, 2.75) is 58.0 Å². The van der Waals surface area contributed by atoms with Gasteiger partial charge in [0.25, 0.3) is 0 Å². The SMILES string of the molecule is COCC(C)(CN)N(C)C1CCC(C)(C)CC1. The van der Waals surface area contributed by atoms with Crippen molar-refractivity contribution in [1.82, 2.24) is 4.90 Å². The summed E-state index contributed by atoms with van der Waals surface area (Å²) in [6, 6.07) is 0.659. The summed E-state index contributed by atoms with van der Waals surface area (Å²) in [5.41, 5.74) is 6.43. The number of nitrogens with two attached hydrogens (primary N) is 1. The quantitative estimate of drug-likeness (QED) is 0.803. The molecule has 1 fully saturated rings. The average molecular weight is 242 g/mol. The zero-order chi connectivity index (χ0) is 13.1. The number of hydrogen-bond acceptors (Lipinski definition) is 3. The zero-order valence-electron chi connectivity index (χ0n) is 12.3. The number of ether oxygens (including phenoxy) is 1. The van der Waals surface area contributed by atoms with E-state index in [0.29, 0.717) is 24.6 Å². The third-order valence-corrected chi connectivity index (χ3v) is 4.60. The molecule has 0 bridgehead atoms. The lowest BCUT2D eigenvalue weighted by Crippen LogP contribution is -2.57. The molecule has 0 radical (unpaired) electrons. The highest BCUT2D eigenvalue weighted by Gasteiger charge is 2.36. The molecule has 102 valence electrons. The second-order valence-corrected chi connectivity index (χ2v) is 6.64. The summed E-state index contributed by atoms with van der Waals surface area (Å²) in [6.45, 7) is 8.31. The fourth-order valence-corrected chi connectivity index (χ4v) is 2.83. The van der Waals surface area contributed by atoms with Gasteiger partial charge in [-0.2, -0.15) is 0 Å². The van der Waals surface area contributed by atoms with Crippen LogP contribution in [0.3, 0.4) is 0 Å². The van der Waals surface area contributed by atoms with E-state index in [2.05, 4.69) is 32.7 Å². The molecule has 0 aromatic rings. The van der Waals surface area contributed by atoms with E-state index in [1.165, 1.54) is 25.7 Å². The molecule has 1 aliphatic rings. The van der Waals surface area contributed by atoms with Gasteiger partial charge in [0.1, 0.15) is 0 Å². The number of nitrogens with zero attached hydrogens (tertiary/aromatic N) is 1. The maximum atomic E-state index is 5.93. The van der Waals surface area contributed by atoms with E-state index >= 15 is 0 Å². The molecule has 2 N–H and O–H groups in total. The maximum absolute atomic E-state index is 5.93. The third kappa shape index (κ3) is 3.67. The Morgan fingerprint density at radius 2 is 1.88 bits per heavy atom. The van der Waals surface area contributed by atoms with Crippen molar-refractivity contribution in [2.75, 3.05) is 27.3 Å². The Morgan fingerprint density at radius 1 is 1.35 bits per heavy atom. The van der Waals surface area contributed by atoms with Crippen molar-refractivity contribution >= 4 is 0 Å². The van der Waals surface area contributed by atoms with Crippen molar-refractivity contribution in [2.24, 2.45) is 11.1 Å². The molecule has 0 aromatic heterocycles. The number of rotatable bonds is 5. The Labute approximate surface area is 107 Å². The van der Waals surface area contributed by atoms with Crippen LogP contribution in [0.2, 0.25) is 0 Å². The number of methoxy groups -OCH3 is 1. The fraction of sp³-hybridized carbons (Fsp3) is 1.00. The van der Waals surface area contributed by atoms with Gasteiger partial charge in [0.05, 0.1) is 12.1 Å². The van der Waals surface area contributed by atoms with Crippen LogP contribution in [-0.2, 0) is 4.74 Å². The van der Waals surface area contributed by atoms with Crippen LogP contribution in [0.25, 0.3) is 0 Å². The van der Waals surface area contributed by atoms with Gasteiger partial charge in [-0.05, 0) is 45.1 Å². The molecule has 1 aliphatic carbocycles. The summed E-state index contributed by atoms with van der Waals surface area (Å²) < 4.78 is 5.33. The Bertz CT molecular complexity index is 232. The van der Waals surface area contributed by atoms with Gasteiger partial charge in [-0.25, -0.2) is 0 Å². The van der Waals surface area contributed by atoms with E-state index < -0.39 is 0 Å². The molecule has 0 aliphatic heterocycles. The highest BCUT2D eigenvalue weighted by molar-refractivity contribution is 4.92. The van der Waals surface area contributed by atoms with Crippen LogP contribution in [0.4, 0.5) is 0 Å². The van der Waals surface area contributed by atoms with Gasteiger partial charge in [0.15, 0.2) is 0 Å². The molecule has 1 saturated carbocycles. The van der Waals surface area contributed by atoms with Crippen LogP contribution < -0.4 is 5.73 Å². The van der Waals surface area contributed by atoms with E-state index in [4.69, 9.17) is 10.5 Å². The Kier molecular flexibility index (Phi) is 4.99. The first kappa shape index (κ1) is 14.9. The molecule has 0 aromatic carbocycles. The summed E-state index contributed by atoms with van der Waals surface area (Å²) in [5, 5.41) is 0. The Balaban J connectivity index is 2.60. The minimum absolute atomic E-state index is 0.0269. The predicted octanol–water partition coefficient (Wildman–Crippen LogP) is 2.25. The molecule has 0 amide bonds. The summed E-state index contributed by atoms with van der Waals surface area (Å²) in [6.07, 6.45) is 5.19. The molecule has 1 unspecified atom stereocenters. The van der Waals surface area contributed by atoms with Gasteiger partial charge >= 0.3 is 0 Å². The second-order valence-electron chi connectivity index (χ2n) is 6.64. The molecule has 3 nitrogen and oxygen atoms in total. The Hall–Kier alpha value is -0.120. The molecule has 17 heavy (non-hydrogen) atoms. The van der Waals surface area contributed by atoms with Crippen molar-refractivity contribution in [3.63, 3.8) is 0 Å². The normalized spacial score (nSPS) is 24.9. The van der Waals surface area contributed by atoms with E-state index in [0.717, 1.165) is 0 Å². The lowest BCUT2D eigenvalue weighted by molar-refractivity contribution is -0.00295. The minimum atomic E-state index is -0.0269. The predicted molar refractivity (Wildman–Crippen MR) is 73.1 cm³/mol. The summed E-state index contributed by atoms with van der Waals surface area (Å²) in [7, 11) is 3.96. The summed E-state index contributed by atoms with van der Waals surface area (Å²) in [5.74, 6) is 0. The van der Waals surface area contributed by atoms with E-state index in [1.807, 2.05) is 0 Å². The molecule has 3 heteroatoms. The standard InChI is InChI=1S/C14H30N2O/c1-13(2)8-6-12(7-9-13)16(4)14(3,10-15)11-17-5/h12H,6-11,15H2,1-5H3. The van der Waals surface area contributed by atoms with E-state index in [1.54, 1.807) is 7.11 Å². The van der Waals surface area contributed by atoms with Crippen molar-refractivity contribution in [3.8, 4) is 0 Å². The molecular weight excluding hydrogens is 212 g/mol. The van der Waals surface area contributed by atoms with Crippen LogP contribution in [0.1, 0.15) is 46.5 Å². The van der Waals surface area contributed by atoms with Gasteiger partial charge in [0.2, 0.25) is 0 Å². The van der Waals surface area contributed by atoms with Crippen LogP contribution in [-0.4, -0.2) is 43.8 Å². The summed E-state index contributed by atoms with van der Waals surface area (Å²) >= 11 is 0. The van der Waals surface area contributed by atoms with Crippen LogP contribution >= 0.6 is 0 Å². The lowest BCUT2D eigenvalue weighted by Gasteiger charge is -2.46. The van der Waals surface area contributed by atoms with Crippen LogP contribution in [0.15, 0.2) is 0 Å². The molecule has 1 atom stereocenters. The first-order chi connectivity index (χ1) is 7.84. The van der Waals surface area contributed by atoms with Gasteiger partial charge < -0.3 is 10.5 Å². The van der Waals surface area contributed by atoms with Gasteiger partial charge in [-0.3, -0.25) is 4.90 Å². The molecule has 0 heterocycles. The lowest BCUT2D eigenvalue weighted by atomic mass is 9.74. The largest absolute Gasteiger partial charge is 0.383 e. The highest BCUT2D eigenvalue weighted by atomic mass is 16.5. The second kappa shape index (κ2) is 5.68. The monoisotopic (exact) mass is 242 g/mol. The smallest absolute Gasteiger partial charge is 0.0656 e. The van der Waals surface area contributed by atoms with Crippen LogP contribution in [0, 0.1) is 5.41 Å². The van der Waals surface area contributed by atoms with Gasteiger partial charge in [-0.15, -0.1) is 0 Å². The van der Waals surface area contributed by atoms with Crippen molar-refractivity contribution < 1.29 is 4.74 Å². The zero-order valence-corrected chi connectivity index (χ0v) is 12.3. The Morgan fingerprint density at radius 3 is 2.29 bits per heavy atom. The van der Waals surface area contributed by atoms with Crippen LogP contribution in [0.5, 0.6) is 0 Å². The van der Waals surface area contributed by atoms with Gasteiger partial charge in [0, 0.05) is 19.7 Å². The summed E-state index contributed by atoms with van der Waals surface area (Å²) in [4.78, 5) is 2.45. The average Bonchev–Trinajstić information content (AvgIpc) is 2.28. The minimum Gasteiger partial charge on any atom is -0.383 e. The van der Waals surface area contributed by atoms with E-state index in [9.17, 15) is 0 Å². The molecule has 1 rings (SSSR count). The van der Waals surface area contributed by atoms with Gasteiger partial charge in [-0.1, -0.05) is 13.8 Å². The van der Waals surface area contributed by atoms with Crippen molar-refractivity contribution in [1.29, 1.82) is 0 Å². The first-order valence-corrected chi connectivity index (χ1v) is 6.76.